The molecule has 6 bridgehead atoms. The van der Waals surface area contributed by atoms with Crippen LogP contribution in [0.2, 0.25) is 5.02 Å². The third kappa shape index (κ3) is 4.56. The monoisotopic (exact) mass is 651 g/mol. The van der Waals surface area contributed by atoms with Crippen molar-refractivity contribution in [2.75, 3.05) is 44.3 Å². The fraction of sp³-hybridized carbons (Fsp3) is 0.531. The summed E-state index contributed by atoms with van der Waals surface area (Å²) in [7, 11) is 0. The molecule has 3 aromatic heterocycles. The van der Waals surface area contributed by atoms with E-state index in [-0.39, 0.29) is 42.3 Å². The minimum Gasteiger partial charge on any atom is -0.461 e. The summed E-state index contributed by atoms with van der Waals surface area (Å²) in [5.74, 6) is -0.272. The van der Waals surface area contributed by atoms with Gasteiger partial charge in [-0.2, -0.15) is 15.1 Å². The predicted molar refractivity (Wildman–Crippen MR) is 164 cm³/mol. The molecule has 1 saturated carbocycles. The molecule has 1 aliphatic carbocycles. The molecule has 0 amide bonds. The van der Waals surface area contributed by atoms with Gasteiger partial charge in [-0.1, -0.05) is 11.6 Å². The molecule has 240 valence electrons. The summed E-state index contributed by atoms with van der Waals surface area (Å²) in [4.78, 5) is 31.0. The Morgan fingerprint density at radius 3 is 3.00 bits per heavy atom. The number of piperidine rings is 1. The molecule has 1 N–H and O–H groups in total. The number of hydrogen-bond donors (Lipinski definition) is 1. The van der Waals surface area contributed by atoms with Crippen LogP contribution in [0.15, 0.2) is 18.5 Å². The minimum atomic E-state index is -0.912. The number of nitrogens with zero attached hydrogens (tertiary/aromatic N) is 6. The van der Waals surface area contributed by atoms with Crippen LogP contribution in [0.5, 0.6) is 6.01 Å². The number of halogens is 3. The number of aromatic amines is 1. The van der Waals surface area contributed by atoms with Crippen molar-refractivity contribution >= 4 is 45.4 Å². The van der Waals surface area contributed by atoms with E-state index in [2.05, 4.69) is 20.1 Å². The number of carbonyl (C=O) groups excluding carboxylic acids is 1. The molecule has 14 heteroatoms. The maximum atomic E-state index is 17.0. The average molecular weight is 652 g/mol. The third-order valence-corrected chi connectivity index (χ3v) is 10.8. The van der Waals surface area contributed by atoms with Crippen molar-refractivity contribution in [3.05, 3.63) is 34.9 Å². The predicted octanol–water partition coefficient (Wildman–Crippen LogP) is 5.55. The van der Waals surface area contributed by atoms with Gasteiger partial charge in [0.15, 0.2) is 5.82 Å². The topological polar surface area (TPSA) is 119 Å². The SMILES string of the molecule is O=C1OC[C@H]2C[C@H]2c2c(Cl)cc3[nH]ncc3c2-c2ncc3c(nc(OC[C@@]45CCCN4C[C@H](F)C5)nc3c2F)N2CCC[C@H](C2)O1. The van der Waals surface area contributed by atoms with Crippen LogP contribution >= 0.6 is 11.6 Å². The highest BCUT2D eigenvalue weighted by atomic mass is 35.5. The van der Waals surface area contributed by atoms with E-state index in [1.807, 2.05) is 4.90 Å². The molecule has 6 aliphatic rings. The maximum Gasteiger partial charge on any atom is 0.508 e. The van der Waals surface area contributed by atoms with E-state index in [0.717, 1.165) is 31.4 Å². The van der Waals surface area contributed by atoms with Gasteiger partial charge in [-0.25, -0.2) is 13.6 Å². The summed E-state index contributed by atoms with van der Waals surface area (Å²) in [6.45, 7) is 2.52. The lowest BCUT2D eigenvalue weighted by Gasteiger charge is -2.34. The number of benzene rings is 1. The number of alkyl halides is 1. The summed E-state index contributed by atoms with van der Waals surface area (Å²) in [5.41, 5.74) is 1.62. The fourth-order valence-electron chi connectivity index (χ4n) is 8.20. The Labute approximate surface area is 267 Å². The van der Waals surface area contributed by atoms with E-state index >= 15 is 4.39 Å². The highest BCUT2D eigenvalue weighted by Crippen LogP contribution is 2.54. The molecule has 3 saturated heterocycles. The van der Waals surface area contributed by atoms with Crippen LogP contribution in [0.1, 0.15) is 50.0 Å². The molecular formula is C32H32ClF2N7O4. The highest BCUT2D eigenvalue weighted by molar-refractivity contribution is 6.33. The number of ether oxygens (including phenoxy) is 3. The van der Waals surface area contributed by atoms with Gasteiger partial charge in [0.25, 0.3) is 0 Å². The van der Waals surface area contributed by atoms with E-state index in [4.69, 9.17) is 35.8 Å². The molecule has 1 aromatic carbocycles. The normalized spacial score (nSPS) is 29.1. The Kier molecular flexibility index (Phi) is 6.54. The molecule has 0 radical (unpaired) electrons. The summed E-state index contributed by atoms with van der Waals surface area (Å²) in [6, 6.07) is 1.79. The second kappa shape index (κ2) is 10.6. The van der Waals surface area contributed by atoms with Crippen molar-refractivity contribution in [2.45, 2.75) is 62.3 Å². The van der Waals surface area contributed by atoms with Crippen molar-refractivity contribution in [1.29, 1.82) is 0 Å². The Bertz CT molecular complexity index is 1890. The zero-order valence-electron chi connectivity index (χ0n) is 25.0. The van der Waals surface area contributed by atoms with E-state index in [9.17, 15) is 9.18 Å². The second-order valence-corrected chi connectivity index (χ2v) is 13.8. The zero-order chi connectivity index (χ0) is 31.2. The quantitative estimate of drug-likeness (QED) is 0.282. The number of carbonyl (C=O) groups is 1. The maximum absolute atomic E-state index is 17.0. The van der Waals surface area contributed by atoms with Crippen LogP contribution in [0, 0.1) is 11.7 Å². The summed E-state index contributed by atoms with van der Waals surface area (Å²) in [6.07, 6.45) is 5.43. The van der Waals surface area contributed by atoms with Gasteiger partial charge in [-0.05, 0) is 56.2 Å². The molecule has 5 atom stereocenters. The summed E-state index contributed by atoms with van der Waals surface area (Å²) >= 11 is 6.87. The van der Waals surface area contributed by atoms with Crippen LogP contribution in [-0.4, -0.2) is 93.4 Å². The van der Waals surface area contributed by atoms with Gasteiger partial charge in [0.2, 0.25) is 0 Å². The molecule has 4 fully saturated rings. The average Bonchev–Trinajstić information content (AvgIpc) is 3.29. The number of nitrogens with one attached hydrogen (secondary N) is 1. The van der Waals surface area contributed by atoms with E-state index < -0.39 is 29.8 Å². The number of H-pyrrole nitrogens is 1. The second-order valence-electron chi connectivity index (χ2n) is 13.3. The lowest BCUT2D eigenvalue weighted by atomic mass is 9.94. The van der Waals surface area contributed by atoms with Crippen LogP contribution in [0.4, 0.5) is 19.4 Å². The van der Waals surface area contributed by atoms with Gasteiger partial charge >= 0.3 is 12.2 Å². The van der Waals surface area contributed by atoms with Gasteiger partial charge in [0.05, 0.1) is 35.8 Å². The van der Waals surface area contributed by atoms with Gasteiger partial charge in [0.1, 0.15) is 35.9 Å². The van der Waals surface area contributed by atoms with Crippen LogP contribution in [0.25, 0.3) is 33.1 Å². The molecule has 5 aliphatic heterocycles. The Morgan fingerprint density at radius 1 is 1.17 bits per heavy atom. The zero-order valence-corrected chi connectivity index (χ0v) is 25.7. The smallest absolute Gasteiger partial charge is 0.461 e. The number of pyridine rings is 1. The van der Waals surface area contributed by atoms with Crippen molar-refractivity contribution in [3.63, 3.8) is 0 Å². The van der Waals surface area contributed by atoms with E-state index in [1.165, 1.54) is 0 Å². The summed E-state index contributed by atoms with van der Waals surface area (Å²) < 4.78 is 49.1. The number of aromatic nitrogens is 5. The molecule has 11 nitrogen and oxygen atoms in total. The Hall–Kier alpha value is -3.84. The number of rotatable bonds is 3. The van der Waals surface area contributed by atoms with Crippen LogP contribution in [0.3, 0.4) is 0 Å². The van der Waals surface area contributed by atoms with Gasteiger partial charge in [-0.15, -0.1) is 0 Å². The highest BCUT2D eigenvalue weighted by Gasteiger charge is 2.49. The number of anilines is 1. The number of hydrogen-bond acceptors (Lipinski definition) is 10. The summed E-state index contributed by atoms with van der Waals surface area (Å²) in [5, 5.41) is 8.67. The minimum absolute atomic E-state index is 0.00427. The molecule has 0 unspecified atom stereocenters. The molecule has 8 heterocycles. The first kappa shape index (κ1) is 28.4. The molecular weight excluding hydrogens is 620 g/mol. The third-order valence-electron chi connectivity index (χ3n) is 10.5. The van der Waals surface area contributed by atoms with Crippen molar-refractivity contribution in [2.24, 2.45) is 5.92 Å². The first-order valence-corrected chi connectivity index (χ1v) is 16.4. The number of fused-ring (bicyclic) bond motifs is 6. The Morgan fingerprint density at radius 2 is 2.09 bits per heavy atom. The van der Waals surface area contributed by atoms with Crippen molar-refractivity contribution < 1.29 is 27.8 Å². The molecule has 0 spiro atoms. The molecule has 4 aromatic rings. The molecule has 46 heavy (non-hydrogen) atoms. The van der Waals surface area contributed by atoms with Crippen LogP contribution in [-0.2, 0) is 9.47 Å². The molecule has 10 rings (SSSR count). The Balaban J connectivity index is 1.22. The standard InChI is InChI=1S/C32H32ClF2N7O4/c33-22-8-23-20(11-37-40-23)25-24(22)19-7-16(19)14-44-31(43)46-18-3-1-5-41(13-18)29-21-10-36-28(25)26(35)27(21)38-30(39-29)45-15-32-4-2-6-42(32)12-17(34)9-32/h8,10-11,16-19H,1-7,9,12-15H2,(H,37,40)/t16-,17-,18-,19-,32+/m1/s1. The largest absolute Gasteiger partial charge is 0.508 e. The lowest BCUT2D eigenvalue weighted by Crippen LogP contribution is -2.43. The van der Waals surface area contributed by atoms with E-state index in [1.54, 1.807) is 18.5 Å². The van der Waals surface area contributed by atoms with Crippen molar-refractivity contribution in [3.8, 4) is 17.3 Å². The first-order valence-electron chi connectivity index (χ1n) is 16.0. The lowest BCUT2D eigenvalue weighted by molar-refractivity contribution is 0.0165. The van der Waals surface area contributed by atoms with Crippen LogP contribution < -0.4 is 9.64 Å². The van der Waals surface area contributed by atoms with Crippen molar-refractivity contribution in [1.82, 2.24) is 30.0 Å². The van der Waals surface area contributed by atoms with Gasteiger partial charge in [-0.3, -0.25) is 15.0 Å². The van der Waals surface area contributed by atoms with Gasteiger partial charge in [0, 0.05) is 47.6 Å². The first-order chi connectivity index (χ1) is 22.4. The van der Waals surface area contributed by atoms with E-state index in [0.29, 0.717) is 71.6 Å². The van der Waals surface area contributed by atoms with Gasteiger partial charge < -0.3 is 19.1 Å². The fourth-order valence-corrected chi connectivity index (χ4v) is 8.54.